The minimum atomic E-state index is -1.22. The number of halogens is 4. The second-order valence-corrected chi connectivity index (χ2v) is 11.6. The number of piperidine rings is 1. The van der Waals surface area contributed by atoms with Crippen LogP contribution in [0.25, 0.3) is 11.0 Å². The number of aryl methyl sites for hydroxylation is 1. The van der Waals surface area contributed by atoms with Gasteiger partial charge in [0.25, 0.3) is 0 Å². The fraction of sp³-hybridized carbons (Fsp3) is 0.303. The van der Waals surface area contributed by atoms with Gasteiger partial charge in [0, 0.05) is 36.4 Å². The normalized spacial score (nSPS) is 14.2. The number of nitrogens with zero attached hydrogens (tertiary/aromatic N) is 5. The quantitative estimate of drug-likeness (QED) is 0.170. The lowest BCUT2D eigenvalue weighted by molar-refractivity contribution is 0.0696. The molecule has 6 rings (SSSR count). The molecule has 0 bridgehead atoms. The van der Waals surface area contributed by atoms with Crippen molar-refractivity contribution in [2.45, 2.75) is 52.1 Å². The van der Waals surface area contributed by atoms with Crippen LogP contribution in [0.1, 0.15) is 47.2 Å². The SMILES string of the molecule is CCn1cncc1Cn1c(CN2CCC(Oc3ccc(F)c(COc4ccc(Cl)cc4F)c3)CC2)nc2c(F)cc(C(=O)O)cc21. The van der Waals surface area contributed by atoms with Crippen molar-refractivity contribution in [3.63, 3.8) is 0 Å². The third-order valence-corrected chi connectivity index (χ3v) is 8.32. The number of fused-ring (bicyclic) bond motifs is 1. The first-order valence-corrected chi connectivity index (χ1v) is 15.2. The van der Waals surface area contributed by atoms with Gasteiger partial charge < -0.3 is 23.7 Å². The molecule has 0 radical (unpaired) electrons. The average molecular weight is 654 g/mol. The molecule has 1 saturated heterocycles. The number of imidazole rings is 2. The van der Waals surface area contributed by atoms with E-state index in [0.717, 1.165) is 17.8 Å². The average Bonchev–Trinajstić information content (AvgIpc) is 3.63. The van der Waals surface area contributed by atoms with Gasteiger partial charge >= 0.3 is 5.97 Å². The van der Waals surface area contributed by atoms with Crippen molar-refractivity contribution >= 4 is 28.6 Å². The van der Waals surface area contributed by atoms with Crippen molar-refractivity contribution in [2.75, 3.05) is 13.1 Å². The maximum atomic E-state index is 15.0. The highest BCUT2D eigenvalue weighted by molar-refractivity contribution is 6.30. The number of aromatic carboxylic acids is 1. The molecule has 46 heavy (non-hydrogen) atoms. The molecular formula is C33H31ClF3N5O4. The molecule has 3 aromatic carbocycles. The highest BCUT2D eigenvalue weighted by Gasteiger charge is 2.25. The maximum absolute atomic E-state index is 15.0. The van der Waals surface area contributed by atoms with Gasteiger partial charge in [-0.25, -0.2) is 27.9 Å². The van der Waals surface area contributed by atoms with Crippen LogP contribution in [0, 0.1) is 17.5 Å². The molecule has 2 aromatic heterocycles. The van der Waals surface area contributed by atoms with Crippen LogP contribution in [0.15, 0.2) is 61.1 Å². The number of carboxylic acids is 1. The third kappa shape index (κ3) is 6.82. The molecule has 0 atom stereocenters. The molecule has 13 heteroatoms. The van der Waals surface area contributed by atoms with E-state index < -0.39 is 23.4 Å². The fourth-order valence-corrected chi connectivity index (χ4v) is 5.80. The molecule has 9 nitrogen and oxygen atoms in total. The Balaban J connectivity index is 1.13. The second kappa shape index (κ2) is 13.4. The van der Waals surface area contributed by atoms with E-state index in [-0.39, 0.29) is 40.1 Å². The van der Waals surface area contributed by atoms with Crippen LogP contribution in [0.2, 0.25) is 5.02 Å². The van der Waals surface area contributed by atoms with Crippen molar-refractivity contribution in [3.05, 3.63) is 106 Å². The number of rotatable bonds is 11. The standard InChI is InChI=1S/C33H31ClF3N5O4/c1-2-41-19-38-15-23(41)16-42-29-13-20(33(43)44)12-28(37)32(29)39-31(42)17-40-9-7-24(8-10-40)46-25-4-5-26(35)21(11-25)18-45-30-6-3-22(34)14-27(30)36/h3-6,11-15,19,24H,2,7-10,16-18H2,1H3,(H,43,44). The van der Waals surface area contributed by atoms with Crippen LogP contribution in [-0.2, 0) is 26.2 Å². The zero-order chi connectivity index (χ0) is 32.4. The summed E-state index contributed by atoms with van der Waals surface area (Å²) in [4.78, 5) is 22.7. The van der Waals surface area contributed by atoms with E-state index in [1.54, 1.807) is 24.7 Å². The van der Waals surface area contributed by atoms with Crippen molar-refractivity contribution in [3.8, 4) is 11.5 Å². The lowest BCUT2D eigenvalue weighted by Crippen LogP contribution is -2.38. The molecule has 5 aromatic rings. The van der Waals surface area contributed by atoms with Crippen LogP contribution in [-0.4, -0.2) is 54.3 Å². The number of hydrogen-bond acceptors (Lipinski definition) is 6. The summed E-state index contributed by atoms with van der Waals surface area (Å²) in [6.07, 6.45) is 4.69. The topological polar surface area (TPSA) is 94.6 Å². The van der Waals surface area contributed by atoms with Crippen molar-refractivity contribution in [1.82, 2.24) is 24.0 Å². The predicted octanol–water partition coefficient (Wildman–Crippen LogP) is 6.69. The molecule has 0 saturated carbocycles. The number of likely N-dealkylation sites (tertiary alicyclic amines) is 1. The van der Waals surface area contributed by atoms with Crippen LogP contribution in [0.3, 0.4) is 0 Å². The summed E-state index contributed by atoms with van der Waals surface area (Å²) in [7, 11) is 0. The van der Waals surface area contributed by atoms with E-state index >= 15 is 4.39 Å². The fourth-order valence-electron chi connectivity index (χ4n) is 5.64. The van der Waals surface area contributed by atoms with Gasteiger partial charge in [-0.15, -0.1) is 0 Å². The van der Waals surface area contributed by atoms with Gasteiger partial charge in [-0.1, -0.05) is 11.6 Å². The van der Waals surface area contributed by atoms with Crippen LogP contribution < -0.4 is 9.47 Å². The molecule has 0 amide bonds. The zero-order valence-electron chi connectivity index (χ0n) is 24.9. The van der Waals surface area contributed by atoms with Crippen molar-refractivity contribution in [1.29, 1.82) is 0 Å². The van der Waals surface area contributed by atoms with Gasteiger partial charge in [-0.3, -0.25) is 4.90 Å². The monoisotopic (exact) mass is 653 g/mol. The minimum absolute atomic E-state index is 0.0305. The molecule has 0 unspecified atom stereocenters. The Labute approximate surface area is 267 Å². The Morgan fingerprint density at radius 1 is 1.02 bits per heavy atom. The number of carboxylic acid groups (broad SMARTS) is 1. The smallest absolute Gasteiger partial charge is 0.335 e. The van der Waals surface area contributed by atoms with E-state index in [0.29, 0.717) is 62.7 Å². The Hall–Kier alpha value is -4.55. The number of hydrogen-bond donors (Lipinski definition) is 1. The summed E-state index contributed by atoms with van der Waals surface area (Å²) >= 11 is 5.79. The zero-order valence-corrected chi connectivity index (χ0v) is 25.7. The molecule has 0 spiro atoms. The maximum Gasteiger partial charge on any atom is 0.335 e. The molecular weight excluding hydrogens is 623 g/mol. The summed E-state index contributed by atoms with van der Waals surface area (Å²) in [6, 6.07) is 10.9. The highest BCUT2D eigenvalue weighted by Crippen LogP contribution is 2.28. The summed E-state index contributed by atoms with van der Waals surface area (Å²) in [5.41, 5.74) is 1.50. The van der Waals surface area contributed by atoms with Crippen molar-refractivity contribution < 1.29 is 32.5 Å². The van der Waals surface area contributed by atoms with E-state index in [9.17, 15) is 18.7 Å². The first kappa shape index (κ1) is 31.4. The minimum Gasteiger partial charge on any atom is -0.490 e. The molecule has 1 aliphatic heterocycles. The van der Waals surface area contributed by atoms with Gasteiger partial charge in [0.2, 0.25) is 0 Å². The molecule has 0 aliphatic carbocycles. The number of carbonyl (C=O) groups is 1. The number of ether oxygens (including phenoxy) is 2. The van der Waals surface area contributed by atoms with E-state index in [2.05, 4.69) is 14.9 Å². The Bertz CT molecular complexity index is 1890. The van der Waals surface area contributed by atoms with Gasteiger partial charge in [0.15, 0.2) is 17.4 Å². The first-order chi connectivity index (χ1) is 22.2. The Morgan fingerprint density at radius 3 is 2.57 bits per heavy atom. The van der Waals surface area contributed by atoms with E-state index in [1.165, 1.54) is 24.3 Å². The molecule has 1 fully saturated rings. The summed E-state index contributed by atoms with van der Waals surface area (Å²) in [6.45, 7) is 4.60. The molecule has 3 heterocycles. The Morgan fingerprint density at radius 2 is 1.83 bits per heavy atom. The van der Waals surface area contributed by atoms with Crippen LogP contribution in [0.5, 0.6) is 11.5 Å². The first-order valence-electron chi connectivity index (χ1n) is 14.8. The Kier molecular flexibility index (Phi) is 9.18. The number of aromatic nitrogens is 4. The molecule has 1 N–H and O–H groups in total. The summed E-state index contributed by atoms with van der Waals surface area (Å²) in [5, 5.41) is 9.78. The summed E-state index contributed by atoms with van der Waals surface area (Å²) < 4.78 is 59.1. The number of benzene rings is 3. The predicted molar refractivity (Wildman–Crippen MR) is 165 cm³/mol. The van der Waals surface area contributed by atoms with Crippen LogP contribution in [0.4, 0.5) is 13.2 Å². The van der Waals surface area contributed by atoms with E-state index in [1.807, 2.05) is 16.1 Å². The molecule has 1 aliphatic rings. The van der Waals surface area contributed by atoms with Gasteiger partial charge in [0.05, 0.1) is 36.2 Å². The van der Waals surface area contributed by atoms with Gasteiger partial charge in [-0.05, 0) is 68.3 Å². The van der Waals surface area contributed by atoms with Crippen molar-refractivity contribution in [2.24, 2.45) is 0 Å². The largest absolute Gasteiger partial charge is 0.490 e. The van der Waals surface area contributed by atoms with Gasteiger partial charge in [-0.2, -0.15) is 0 Å². The van der Waals surface area contributed by atoms with Gasteiger partial charge in [0.1, 0.15) is 35.6 Å². The van der Waals surface area contributed by atoms with E-state index in [4.69, 9.17) is 21.1 Å². The lowest BCUT2D eigenvalue weighted by atomic mass is 10.1. The third-order valence-electron chi connectivity index (χ3n) is 8.09. The highest BCUT2D eigenvalue weighted by atomic mass is 35.5. The molecule has 240 valence electrons. The summed E-state index contributed by atoms with van der Waals surface area (Å²) in [5.74, 6) is -1.97. The second-order valence-electron chi connectivity index (χ2n) is 11.1. The van der Waals surface area contributed by atoms with Crippen LogP contribution >= 0.6 is 11.6 Å². The lowest BCUT2D eigenvalue weighted by Gasteiger charge is -2.32.